The predicted molar refractivity (Wildman–Crippen MR) is 98.1 cm³/mol. The van der Waals surface area contributed by atoms with Crippen molar-refractivity contribution in [1.29, 1.82) is 5.26 Å². The number of aliphatic hydroxyl groups excluding tert-OH is 1. The van der Waals surface area contributed by atoms with Gasteiger partial charge in [0.1, 0.15) is 6.07 Å². The lowest BCUT2D eigenvalue weighted by atomic mass is 10.2. The van der Waals surface area contributed by atoms with Gasteiger partial charge in [-0.15, -0.1) is 0 Å². The van der Waals surface area contributed by atoms with Crippen molar-refractivity contribution in [2.24, 2.45) is 0 Å². The van der Waals surface area contributed by atoms with Crippen molar-refractivity contribution in [3.05, 3.63) is 89.7 Å². The van der Waals surface area contributed by atoms with Crippen LogP contribution >= 0.6 is 0 Å². The average Bonchev–Trinajstić information content (AvgIpc) is 3.10. The summed E-state index contributed by atoms with van der Waals surface area (Å²) in [5, 5.41) is 18.8. The van der Waals surface area contributed by atoms with Crippen LogP contribution in [0.25, 0.3) is 5.69 Å². The molecule has 0 aliphatic rings. The maximum atomic E-state index is 9.42. The van der Waals surface area contributed by atoms with Crippen molar-refractivity contribution >= 4 is 0 Å². The van der Waals surface area contributed by atoms with E-state index in [9.17, 15) is 10.4 Å². The molecular formula is C21H21N3O. The first-order valence-electron chi connectivity index (χ1n) is 8.34. The zero-order valence-electron chi connectivity index (χ0n) is 14.0. The molecule has 0 saturated carbocycles. The standard InChI is InChI=1S/C21H21N3O/c22-15-19-9-4-5-11-21(19)24-12-6-10-20(24)17-23(13-14-25)16-18-7-2-1-3-8-18/h1-12,25H,13-14,16-17H2. The summed E-state index contributed by atoms with van der Waals surface area (Å²) in [6.45, 7) is 2.18. The largest absolute Gasteiger partial charge is 0.395 e. The predicted octanol–water partition coefficient (Wildman–Crippen LogP) is 3.34. The Morgan fingerprint density at radius 2 is 1.68 bits per heavy atom. The highest BCUT2D eigenvalue weighted by atomic mass is 16.3. The Labute approximate surface area is 148 Å². The highest BCUT2D eigenvalue weighted by Crippen LogP contribution is 2.19. The van der Waals surface area contributed by atoms with Gasteiger partial charge in [-0.2, -0.15) is 5.26 Å². The summed E-state index contributed by atoms with van der Waals surface area (Å²) in [7, 11) is 0. The van der Waals surface area contributed by atoms with Gasteiger partial charge in [0.2, 0.25) is 0 Å². The second kappa shape index (κ2) is 8.29. The number of hydrogen-bond donors (Lipinski definition) is 1. The summed E-state index contributed by atoms with van der Waals surface area (Å²) < 4.78 is 2.05. The molecule has 4 heteroatoms. The first-order chi connectivity index (χ1) is 12.3. The zero-order chi connectivity index (χ0) is 17.5. The Balaban J connectivity index is 1.84. The Bertz CT molecular complexity index is 849. The number of hydrogen-bond acceptors (Lipinski definition) is 3. The third-order valence-corrected chi connectivity index (χ3v) is 4.17. The Hall–Kier alpha value is -2.87. The normalized spacial score (nSPS) is 10.8. The molecule has 0 radical (unpaired) electrons. The smallest absolute Gasteiger partial charge is 0.101 e. The van der Waals surface area contributed by atoms with E-state index >= 15 is 0 Å². The minimum atomic E-state index is 0.113. The van der Waals surface area contributed by atoms with Gasteiger partial charge in [-0.3, -0.25) is 4.90 Å². The van der Waals surface area contributed by atoms with Crippen LogP contribution in [0, 0.1) is 11.3 Å². The van der Waals surface area contributed by atoms with Crippen LogP contribution in [0.4, 0.5) is 0 Å². The van der Waals surface area contributed by atoms with E-state index in [4.69, 9.17) is 0 Å². The van der Waals surface area contributed by atoms with E-state index in [2.05, 4.69) is 29.2 Å². The second-order valence-corrected chi connectivity index (χ2v) is 5.92. The van der Waals surface area contributed by atoms with Crippen LogP contribution in [0.3, 0.4) is 0 Å². The maximum Gasteiger partial charge on any atom is 0.101 e. The van der Waals surface area contributed by atoms with Gasteiger partial charge >= 0.3 is 0 Å². The lowest BCUT2D eigenvalue weighted by molar-refractivity contribution is 0.182. The lowest BCUT2D eigenvalue weighted by Gasteiger charge is -2.22. The molecule has 0 aliphatic heterocycles. The van der Waals surface area contributed by atoms with Crippen LogP contribution < -0.4 is 0 Å². The van der Waals surface area contributed by atoms with E-state index in [1.807, 2.05) is 59.3 Å². The van der Waals surface area contributed by atoms with Crippen molar-refractivity contribution < 1.29 is 5.11 Å². The molecule has 1 aromatic heterocycles. The molecule has 3 rings (SSSR count). The molecule has 1 N–H and O–H groups in total. The van der Waals surface area contributed by atoms with Gasteiger partial charge in [-0.05, 0) is 29.8 Å². The summed E-state index contributed by atoms with van der Waals surface area (Å²) in [5.41, 5.74) is 3.84. The molecule has 0 fully saturated rings. The molecule has 0 amide bonds. The van der Waals surface area contributed by atoms with E-state index in [-0.39, 0.29) is 6.61 Å². The molecule has 0 aliphatic carbocycles. The highest BCUT2D eigenvalue weighted by Gasteiger charge is 2.12. The molecule has 2 aromatic carbocycles. The number of nitriles is 1. The second-order valence-electron chi connectivity index (χ2n) is 5.92. The van der Waals surface area contributed by atoms with Crippen molar-refractivity contribution in [3.63, 3.8) is 0 Å². The molecule has 1 heterocycles. The van der Waals surface area contributed by atoms with Gasteiger partial charge in [0.15, 0.2) is 0 Å². The van der Waals surface area contributed by atoms with E-state index in [1.54, 1.807) is 0 Å². The molecule has 3 aromatic rings. The Morgan fingerprint density at radius 1 is 0.920 bits per heavy atom. The van der Waals surface area contributed by atoms with Crippen LogP contribution in [-0.2, 0) is 13.1 Å². The summed E-state index contributed by atoms with van der Waals surface area (Å²) in [6, 6.07) is 24.1. The number of rotatable bonds is 7. The Morgan fingerprint density at radius 3 is 2.44 bits per heavy atom. The van der Waals surface area contributed by atoms with E-state index in [0.717, 1.165) is 17.9 Å². The van der Waals surface area contributed by atoms with E-state index < -0.39 is 0 Å². The molecule has 0 saturated heterocycles. The molecule has 0 unspecified atom stereocenters. The quantitative estimate of drug-likeness (QED) is 0.722. The van der Waals surface area contributed by atoms with E-state index in [0.29, 0.717) is 18.7 Å². The van der Waals surface area contributed by atoms with Crippen LogP contribution in [0.15, 0.2) is 72.9 Å². The first kappa shape index (κ1) is 17.0. The fourth-order valence-corrected chi connectivity index (χ4v) is 2.98. The average molecular weight is 331 g/mol. The lowest BCUT2D eigenvalue weighted by Crippen LogP contribution is -2.27. The first-order valence-corrected chi connectivity index (χ1v) is 8.34. The molecule has 25 heavy (non-hydrogen) atoms. The summed E-state index contributed by atoms with van der Waals surface area (Å²) >= 11 is 0. The number of nitrogens with zero attached hydrogens (tertiary/aromatic N) is 3. The fourth-order valence-electron chi connectivity index (χ4n) is 2.98. The zero-order valence-corrected chi connectivity index (χ0v) is 14.0. The van der Waals surface area contributed by atoms with Crippen LogP contribution in [0.5, 0.6) is 0 Å². The van der Waals surface area contributed by atoms with Gasteiger partial charge in [-0.25, -0.2) is 0 Å². The van der Waals surface area contributed by atoms with Gasteiger partial charge in [-0.1, -0.05) is 42.5 Å². The minimum Gasteiger partial charge on any atom is -0.395 e. The molecule has 0 bridgehead atoms. The summed E-state index contributed by atoms with van der Waals surface area (Å²) in [4.78, 5) is 2.20. The SMILES string of the molecule is N#Cc1ccccc1-n1cccc1CN(CCO)Cc1ccccc1. The minimum absolute atomic E-state index is 0.113. The monoisotopic (exact) mass is 331 g/mol. The number of para-hydroxylation sites is 1. The van der Waals surface area contributed by atoms with Crippen molar-refractivity contribution in [3.8, 4) is 11.8 Å². The molecule has 0 spiro atoms. The molecule has 0 atom stereocenters. The van der Waals surface area contributed by atoms with E-state index in [1.165, 1.54) is 5.56 Å². The van der Waals surface area contributed by atoms with Crippen LogP contribution in [-0.4, -0.2) is 27.7 Å². The number of aromatic nitrogens is 1. The van der Waals surface area contributed by atoms with Crippen LogP contribution in [0.1, 0.15) is 16.8 Å². The van der Waals surface area contributed by atoms with Crippen molar-refractivity contribution in [1.82, 2.24) is 9.47 Å². The number of aliphatic hydroxyl groups is 1. The van der Waals surface area contributed by atoms with Gasteiger partial charge < -0.3 is 9.67 Å². The van der Waals surface area contributed by atoms with Crippen LogP contribution in [0.2, 0.25) is 0 Å². The van der Waals surface area contributed by atoms with Gasteiger partial charge in [0.25, 0.3) is 0 Å². The third kappa shape index (κ3) is 4.16. The fraction of sp³-hybridized carbons (Fsp3) is 0.190. The van der Waals surface area contributed by atoms with Crippen molar-refractivity contribution in [2.75, 3.05) is 13.2 Å². The molecular weight excluding hydrogens is 310 g/mol. The number of benzene rings is 2. The van der Waals surface area contributed by atoms with Crippen molar-refractivity contribution in [2.45, 2.75) is 13.1 Å². The summed E-state index contributed by atoms with van der Waals surface area (Å²) in [6.07, 6.45) is 1.98. The molecule has 126 valence electrons. The Kier molecular flexibility index (Phi) is 5.63. The topological polar surface area (TPSA) is 52.2 Å². The maximum absolute atomic E-state index is 9.42. The molecule has 4 nitrogen and oxygen atoms in total. The highest BCUT2D eigenvalue weighted by molar-refractivity contribution is 5.49. The third-order valence-electron chi connectivity index (χ3n) is 4.17. The summed E-state index contributed by atoms with van der Waals surface area (Å²) in [5.74, 6) is 0. The van der Waals surface area contributed by atoms with Gasteiger partial charge in [0, 0.05) is 31.5 Å². The van der Waals surface area contributed by atoms with Gasteiger partial charge in [0.05, 0.1) is 17.9 Å².